The van der Waals surface area contributed by atoms with Gasteiger partial charge in [0, 0.05) is 16.5 Å². The number of amides is 1. The quantitative estimate of drug-likeness (QED) is 0.402. The summed E-state index contributed by atoms with van der Waals surface area (Å²) in [7, 11) is 0. The molecule has 3 aromatic carbocycles. The van der Waals surface area contributed by atoms with Crippen molar-refractivity contribution in [1.29, 1.82) is 0 Å². The average molecular weight is 373 g/mol. The molecule has 0 saturated heterocycles. The number of aryl methyl sites for hydroxylation is 1. The van der Waals surface area contributed by atoms with Crippen LogP contribution in [0.1, 0.15) is 35.9 Å². The number of fused-ring (bicyclic) bond motifs is 2. The Morgan fingerprint density at radius 2 is 1.86 bits per heavy atom. The van der Waals surface area contributed by atoms with E-state index < -0.39 is 0 Å². The van der Waals surface area contributed by atoms with Gasteiger partial charge in [-0.1, -0.05) is 49.7 Å². The number of carbonyl (C=O) groups is 1. The summed E-state index contributed by atoms with van der Waals surface area (Å²) in [5, 5.41) is 5.91. The molecule has 1 N–H and O–H groups in total. The van der Waals surface area contributed by atoms with Crippen molar-refractivity contribution in [3.63, 3.8) is 0 Å². The summed E-state index contributed by atoms with van der Waals surface area (Å²) in [4.78, 5) is 13.1. The molecule has 0 aliphatic carbocycles. The van der Waals surface area contributed by atoms with E-state index >= 15 is 0 Å². The van der Waals surface area contributed by atoms with Crippen LogP contribution in [-0.4, -0.2) is 12.5 Å². The lowest BCUT2D eigenvalue weighted by atomic mass is 10.1. The summed E-state index contributed by atoms with van der Waals surface area (Å²) >= 11 is 0. The van der Waals surface area contributed by atoms with Crippen molar-refractivity contribution < 1.29 is 13.9 Å². The fourth-order valence-electron chi connectivity index (χ4n) is 3.42. The fourth-order valence-corrected chi connectivity index (χ4v) is 3.42. The second-order valence-electron chi connectivity index (χ2n) is 6.87. The molecule has 28 heavy (non-hydrogen) atoms. The van der Waals surface area contributed by atoms with Gasteiger partial charge < -0.3 is 14.5 Å². The van der Waals surface area contributed by atoms with Gasteiger partial charge in [0.05, 0.1) is 12.2 Å². The molecule has 0 atom stereocenters. The van der Waals surface area contributed by atoms with Gasteiger partial charge in [-0.15, -0.1) is 0 Å². The zero-order valence-corrected chi connectivity index (χ0v) is 16.1. The highest BCUT2D eigenvalue weighted by Crippen LogP contribution is 2.31. The number of nitrogens with one attached hydrogen (secondary N) is 1. The van der Waals surface area contributed by atoms with Crippen molar-refractivity contribution in [2.75, 3.05) is 11.9 Å². The van der Waals surface area contributed by atoms with Crippen molar-refractivity contribution >= 4 is 33.3 Å². The van der Waals surface area contributed by atoms with Crippen LogP contribution in [0.2, 0.25) is 0 Å². The van der Waals surface area contributed by atoms with Crippen molar-refractivity contribution in [2.45, 2.75) is 26.7 Å². The SMILES string of the molecule is CCCCOc1ccc2oc(C)c(C(=O)Nc3cccc4ccccc34)c2c1. The Hall–Kier alpha value is -3.27. The number of hydrogen-bond donors (Lipinski definition) is 1. The molecule has 1 aromatic heterocycles. The third kappa shape index (κ3) is 3.46. The maximum Gasteiger partial charge on any atom is 0.259 e. The zero-order valence-electron chi connectivity index (χ0n) is 16.1. The number of anilines is 1. The highest BCUT2D eigenvalue weighted by Gasteiger charge is 2.19. The molecule has 1 amide bonds. The zero-order chi connectivity index (χ0) is 19.5. The lowest BCUT2D eigenvalue weighted by Gasteiger charge is -2.09. The Morgan fingerprint density at radius 3 is 2.71 bits per heavy atom. The molecule has 142 valence electrons. The summed E-state index contributed by atoms with van der Waals surface area (Å²) in [6.45, 7) is 4.60. The maximum atomic E-state index is 13.1. The number of hydrogen-bond acceptors (Lipinski definition) is 3. The van der Waals surface area contributed by atoms with E-state index in [0.717, 1.165) is 40.4 Å². The molecule has 0 radical (unpaired) electrons. The smallest absolute Gasteiger partial charge is 0.259 e. The first-order chi connectivity index (χ1) is 13.7. The topological polar surface area (TPSA) is 51.5 Å². The second-order valence-corrected chi connectivity index (χ2v) is 6.87. The first-order valence-corrected chi connectivity index (χ1v) is 9.62. The van der Waals surface area contributed by atoms with Gasteiger partial charge in [0.25, 0.3) is 5.91 Å². The van der Waals surface area contributed by atoms with Crippen LogP contribution in [-0.2, 0) is 0 Å². The van der Waals surface area contributed by atoms with Crippen LogP contribution in [0, 0.1) is 6.92 Å². The van der Waals surface area contributed by atoms with E-state index in [2.05, 4.69) is 12.2 Å². The van der Waals surface area contributed by atoms with Crippen LogP contribution in [0.25, 0.3) is 21.7 Å². The Bertz CT molecular complexity index is 1140. The Labute approximate surface area is 164 Å². The number of ether oxygens (including phenoxy) is 1. The first-order valence-electron chi connectivity index (χ1n) is 9.62. The van der Waals surface area contributed by atoms with Crippen LogP contribution >= 0.6 is 0 Å². The Balaban J connectivity index is 1.68. The Kier molecular flexibility index (Phi) is 5.02. The molecule has 0 aliphatic rings. The largest absolute Gasteiger partial charge is 0.494 e. The van der Waals surface area contributed by atoms with Gasteiger partial charge in [0.2, 0.25) is 0 Å². The third-order valence-corrected chi connectivity index (χ3v) is 4.87. The first kappa shape index (κ1) is 18.1. The molecular formula is C24H23NO3. The summed E-state index contributed by atoms with van der Waals surface area (Å²) in [6.07, 6.45) is 2.07. The van der Waals surface area contributed by atoms with E-state index in [0.29, 0.717) is 23.5 Å². The highest BCUT2D eigenvalue weighted by molar-refractivity contribution is 6.15. The maximum absolute atomic E-state index is 13.1. The summed E-state index contributed by atoms with van der Waals surface area (Å²) < 4.78 is 11.6. The van der Waals surface area contributed by atoms with Gasteiger partial charge in [-0.25, -0.2) is 0 Å². The molecule has 4 heteroatoms. The van der Waals surface area contributed by atoms with Crippen molar-refractivity contribution in [3.05, 3.63) is 72.0 Å². The lowest BCUT2D eigenvalue weighted by Crippen LogP contribution is -2.12. The number of furan rings is 1. The minimum Gasteiger partial charge on any atom is -0.494 e. The predicted molar refractivity (Wildman–Crippen MR) is 113 cm³/mol. The summed E-state index contributed by atoms with van der Waals surface area (Å²) in [6, 6.07) is 19.5. The highest BCUT2D eigenvalue weighted by atomic mass is 16.5. The van der Waals surface area contributed by atoms with Gasteiger partial charge in [0.1, 0.15) is 17.1 Å². The fraction of sp³-hybridized carbons (Fsp3) is 0.208. The van der Waals surface area contributed by atoms with Crippen LogP contribution in [0.4, 0.5) is 5.69 Å². The van der Waals surface area contributed by atoms with Crippen LogP contribution in [0.3, 0.4) is 0 Å². The summed E-state index contributed by atoms with van der Waals surface area (Å²) in [5.41, 5.74) is 2.01. The average Bonchev–Trinajstić information content (AvgIpc) is 3.03. The van der Waals surface area contributed by atoms with Crippen LogP contribution in [0.15, 0.2) is 65.1 Å². The standard InChI is InChI=1S/C24H23NO3/c1-3-4-14-27-18-12-13-22-20(15-18)23(16(2)28-22)24(26)25-21-11-7-9-17-8-5-6-10-19(17)21/h5-13,15H,3-4,14H2,1-2H3,(H,25,26). The molecule has 0 aliphatic heterocycles. The molecule has 0 fully saturated rings. The van der Waals surface area contributed by atoms with E-state index in [-0.39, 0.29) is 5.91 Å². The summed E-state index contributed by atoms with van der Waals surface area (Å²) in [5.74, 6) is 1.16. The van der Waals surface area contributed by atoms with Crippen LogP contribution < -0.4 is 10.1 Å². The van der Waals surface area contributed by atoms with E-state index in [4.69, 9.17) is 9.15 Å². The molecule has 4 aromatic rings. The van der Waals surface area contributed by atoms with Crippen molar-refractivity contribution in [1.82, 2.24) is 0 Å². The van der Waals surface area contributed by atoms with Crippen molar-refractivity contribution in [3.8, 4) is 5.75 Å². The minimum atomic E-state index is -0.182. The molecule has 0 bridgehead atoms. The van der Waals surface area contributed by atoms with Crippen molar-refractivity contribution in [2.24, 2.45) is 0 Å². The van der Waals surface area contributed by atoms with Crippen LogP contribution in [0.5, 0.6) is 5.75 Å². The Morgan fingerprint density at radius 1 is 1.04 bits per heavy atom. The van der Waals surface area contributed by atoms with Gasteiger partial charge >= 0.3 is 0 Å². The molecule has 4 rings (SSSR count). The lowest BCUT2D eigenvalue weighted by molar-refractivity contribution is 0.102. The van der Waals surface area contributed by atoms with Gasteiger partial charge in [-0.3, -0.25) is 4.79 Å². The molecule has 0 saturated carbocycles. The minimum absolute atomic E-state index is 0.182. The molecule has 0 unspecified atom stereocenters. The second kappa shape index (κ2) is 7.77. The molecular weight excluding hydrogens is 350 g/mol. The number of rotatable bonds is 6. The molecule has 1 heterocycles. The molecule has 0 spiro atoms. The van der Waals surface area contributed by atoms with E-state index in [1.165, 1.54) is 0 Å². The number of benzene rings is 3. The van der Waals surface area contributed by atoms with Gasteiger partial charge in [0.15, 0.2) is 0 Å². The van der Waals surface area contributed by atoms with E-state index in [1.54, 1.807) is 0 Å². The predicted octanol–water partition coefficient (Wildman–Crippen LogP) is 6.33. The molecule has 4 nitrogen and oxygen atoms in total. The van der Waals surface area contributed by atoms with Gasteiger partial charge in [-0.05, 0) is 43.0 Å². The monoisotopic (exact) mass is 373 g/mol. The van der Waals surface area contributed by atoms with E-state index in [9.17, 15) is 4.79 Å². The normalized spacial score (nSPS) is 11.1. The third-order valence-electron chi connectivity index (χ3n) is 4.87. The van der Waals surface area contributed by atoms with Gasteiger partial charge in [-0.2, -0.15) is 0 Å². The van der Waals surface area contributed by atoms with E-state index in [1.807, 2.05) is 67.6 Å². The number of unbranched alkanes of at least 4 members (excludes halogenated alkanes) is 1. The number of carbonyl (C=O) groups excluding carboxylic acids is 1.